The number of nitro groups is 1. The Hall–Kier alpha value is -2.64. The highest BCUT2D eigenvalue weighted by molar-refractivity contribution is 6.42. The molecule has 0 unspecified atom stereocenters. The molecule has 0 atom stereocenters. The lowest BCUT2D eigenvalue weighted by Gasteiger charge is -2.05. The standard InChI is InChI=1S/C15H11Cl2N3O4/c16-11-6-5-10(7-12(11)17)8-18-19-15(21)9-24-14-4-2-1-3-13(14)20(22)23/h1-8H,9H2,(H,19,21). The van der Waals surface area contributed by atoms with Crippen LogP contribution >= 0.6 is 23.2 Å². The minimum absolute atomic E-state index is 0.00566. The fourth-order valence-electron chi connectivity index (χ4n) is 1.68. The van der Waals surface area contributed by atoms with Crippen LogP contribution in [0.15, 0.2) is 47.6 Å². The number of amides is 1. The molecule has 0 bridgehead atoms. The fraction of sp³-hybridized carbons (Fsp3) is 0.0667. The summed E-state index contributed by atoms with van der Waals surface area (Å²) in [7, 11) is 0. The van der Waals surface area contributed by atoms with Crippen molar-refractivity contribution in [3.63, 3.8) is 0 Å². The molecule has 2 rings (SSSR count). The zero-order chi connectivity index (χ0) is 17.5. The molecule has 0 aliphatic carbocycles. The van der Waals surface area contributed by atoms with Crippen LogP contribution in [0.4, 0.5) is 5.69 Å². The molecular formula is C15H11Cl2N3O4. The summed E-state index contributed by atoms with van der Waals surface area (Å²) in [5.74, 6) is -0.560. The highest BCUT2D eigenvalue weighted by Gasteiger charge is 2.14. The topological polar surface area (TPSA) is 93.8 Å². The summed E-state index contributed by atoms with van der Waals surface area (Å²) in [6.45, 7) is -0.413. The number of benzene rings is 2. The van der Waals surface area contributed by atoms with E-state index in [2.05, 4.69) is 10.5 Å². The molecule has 9 heteroatoms. The number of hydrazone groups is 1. The molecule has 0 aliphatic rings. The molecule has 2 aromatic rings. The van der Waals surface area contributed by atoms with Crippen molar-refractivity contribution in [2.75, 3.05) is 6.61 Å². The Morgan fingerprint density at radius 1 is 1.25 bits per heavy atom. The Morgan fingerprint density at radius 2 is 2.00 bits per heavy atom. The van der Waals surface area contributed by atoms with E-state index in [9.17, 15) is 14.9 Å². The third-order valence-electron chi connectivity index (χ3n) is 2.77. The van der Waals surface area contributed by atoms with Crippen molar-refractivity contribution in [1.29, 1.82) is 0 Å². The minimum atomic E-state index is -0.588. The van der Waals surface area contributed by atoms with E-state index < -0.39 is 17.4 Å². The summed E-state index contributed by atoms with van der Waals surface area (Å²) >= 11 is 11.6. The molecule has 7 nitrogen and oxygen atoms in total. The second-order valence-corrected chi connectivity index (χ2v) is 5.29. The van der Waals surface area contributed by atoms with E-state index in [0.29, 0.717) is 15.6 Å². The van der Waals surface area contributed by atoms with E-state index >= 15 is 0 Å². The first-order valence-corrected chi connectivity index (χ1v) is 7.36. The van der Waals surface area contributed by atoms with Gasteiger partial charge in [0.05, 0.1) is 21.2 Å². The summed E-state index contributed by atoms with van der Waals surface area (Å²) in [5.41, 5.74) is 2.67. The van der Waals surface area contributed by atoms with Gasteiger partial charge in [0, 0.05) is 6.07 Å². The van der Waals surface area contributed by atoms with Crippen molar-refractivity contribution in [3.05, 3.63) is 68.2 Å². The molecule has 1 N–H and O–H groups in total. The van der Waals surface area contributed by atoms with Gasteiger partial charge < -0.3 is 4.74 Å². The number of hydrogen-bond acceptors (Lipinski definition) is 5. The number of rotatable bonds is 6. The highest BCUT2D eigenvalue weighted by Crippen LogP contribution is 2.25. The lowest BCUT2D eigenvalue weighted by Crippen LogP contribution is -2.24. The predicted molar refractivity (Wildman–Crippen MR) is 90.8 cm³/mol. The van der Waals surface area contributed by atoms with E-state index in [4.69, 9.17) is 27.9 Å². The van der Waals surface area contributed by atoms with Crippen molar-refractivity contribution in [3.8, 4) is 5.75 Å². The Bertz CT molecular complexity index is 796. The third-order valence-corrected chi connectivity index (χ3v) is 3.51. The minimum Gasteiger partial charge on any atom is -0.477 e. The van der Waals surface area contributed by atoms with Crippen molar-refractivity contribution >= 4 is 41.0 Å². The first-order chi connectivity index (χ1) is 11.5. The quantitative estimate of drug-likeness (QED) is 0.480. The zero-order valence-electron chi connectivity index (χ0n) is 12.1. The molecule has 0 radical (unpaired) electrons. The van der Waals surface area contributed by atoms with Crippen LogP contribution in [0.5, 0.6) is 5.75 Å². The second-order valence-electron chi connectivity index (χ2n) is 4.48. The molecule has 1 amide bonds. The number of carbonyl (C=O) groups is 1. The number of nitrogens with zero attached hydrogens (tertiary/aromatic N) is 2. The number of halogens is 2. The molecule has 0 aromatic heterocycles. The van der Waals surface area contributed by atoms with E-state index in [1.807, 2.05) is 0 Å². The van der Waals surface area contributed by atoms with E-state index in [0.717, 1.165) is 0 Å². The van der Waals surface area contributed by atoms with Gasteiger partial charge in [-0.25, -0.2) is 5.43 Å². The molecule has 0 spiro atoms. The van der Waals surface area contributed by atoms with Crippen LogP contribution in [-0.4, -0.2) is 23.7 Å². The van der Waals surface area contributed by atoms with Crippen LogP contribution < -0.4 is 10.2 Å². The molecule has 0 heterocycles. The molecular weight excluding hydrogens is 357 g/mol. The first-order valence-electron chi connectivity index (χ1n) is 6.60. The van der Waals surface area contributed by atoms with Crippen LogP contribution in [0.25, 0.3) is 0 Å². The maximum absolute atomic E-state index is 11.6. The molecule has 0 saturated heterocycles. The molecule has 124 valence electrons. The van der Waals surface area contributed by atoms with Gasteiger partial charge in [0.15, 0.2) is 12.4 Å². The molecule has 0 fully saturated rings. The summed E-state index contributed by atoms with van der Waals surface area (Å²) < 4.78 is 5.13. The average molecular weight is 368 g/mol. The number of ether oxygens (including phenoxy) is 1. The van der Waals surface area contributed by atoms with Gasteiger partial charge in [-0.2, -0.15) is 5.10 Å². The van der Waals surface area contributed by atoms with E-state index in [-0.39, 0.29) is 11.4 Å². The lowest BCUT2D eigenvalue weighted by molar-refractivity contribution is -0.385. The Labute approximate surface area is 147 Å². The highest BCUT2D eigenvalue weighted by atomic mass is 35.5. The van der Waals surface area contributed by atoms with Crippen molar-refractivity contribution < 1.29 is 14.5 Å². The Kier molecular flexibility index (Phi) is 6.11. The number of nitro benzene ring substituents is 1. The fourth-order valence-corrected chi connectivity index (χ4v) is 1.98. The third kappa shape index (κ3) is 4.94. The number of nitrogens with one attached hydrogen (secondary N) is 1. The average Bonchev–Trinajstić information content (AvgIpc) is 2.56. The summed E-state index contributed by atoms with van der Waals surface area (Å²) in [5, 5.41) is 15.4. The monoisotopic (exact) mass is 367 g/mol. The van der Waals surface area contributed by atoms with Crippen LogP contribution in [0, 0.1) is 10.1 Å². The van der Waals surface area contributed by atoms with E-state index in [1.54, 1.807) is 24.3 Å². The Morgan fingerprint density at radius 3 is 2.71 bits per heavy atom. The van der Waals surface area contributed by atoms with Gasteiger partial charge >= 0.3 is 5.69 Å². The summed E-state index contributed by atoms with van der Waals surface area (Å²) in [6, 6.07) is 10.6. The zero-order valence-corrected chi connectivity index (χ0v) is 13.6. The number of hydrogen-bond donors (Lipinski definition) is 1. The maximum Gasteiger partial charge on any atom is 0.310 e. The van der Waals surface area contributed by atoms with Gasteiger partial charge in [-0.3, -0.25) is 14.9 Å². The van der Waals surface area contributed by atoms with Crippen molar-refractivity contribution in [1.82, 2.24) is 5.43 Å². The van der Waals surface area contributed by atoms with Gasteiger partial charge in [0.25, 0.3) is 5.91 Å². The number of carbonyl (C=O) groups excluding carboxylic acids is 1. The molecule has 2 aromatic carbocycles. The molecule has 0 aliphatic heterocycles. The van der Waals surface area contributed by atoms with Crippen LogP contribution in [0.2, 0.25) is 10.0 Å². The van der Waals surface area contributed by atoms with Crippen LogP contribution in [-0.2, 0) is 4.79 Å². The van der Waals surface area contributed by atoms with Gasteiger partial charge in [0.2, 0.25) is 0 Å². The summed E-state index contributed by atoms with van der Waals surface area (Å²) in [6.07, 6.45) is 1.38. The summed E-state index contributed by atoms with van der Waals surface area (Å²) in [4.78, 5) is 21.9. The lowest BCUT2D eigenvalue weighted by atomic mass is 10.2. The first kappa shape index (κ1) is 17.7. The van der Waals surface area contributed by atoms with Gasteiger partial charge in [0.1, 0.15) is 0 Å². The van der Waals surface area contributed by atoms with Crippen LogP contribution in [0.1, 0.15) is 5.56 Å². The molecule has 0 saturated carbocycles. The normalized spacial score (nSPS) is 10.6. The smallest absolute Gasteiger partial charge is 0.310 e. The molecule has 24 heavy (non-hydrogen) atoms. The second kappa shape index (κ2) is 8.28. The van der Waals surface area contributed by atoms with Gasteiger partial charge in [-0.05, 0) is 23.8 Å². The van der Waals surface area contributed by atoms with E-state index in [1.165, 1.54) is 24.4 Å². The van der Waals surface area contributed by atoms with Crippen molar-refractivity contribution in [2.45, 2.75) is 0 Å². The Balaban J connectivity index is 1.89. The van der Waals surface area contributed by atoms with Crippen LogP contribution in [0.3, 0.4) is 0 Å². The van der Waals surface area contributed by atoms with Gasteiger partial charge in [-0.1, -0.05) is 41.4 Å². The van der Waals surface area contributed by atoms with Gasteiger partial charge in [-0.15, -0.1) is 0 Å². The maximum atomic E-state index is 11.6. The SMILES string of the molecule is O=C(COc1ccccc1[N+](=O)[O-])NN=Cc1ccc(Cl)c(Cl)c1. The predicted octanol–water partition coefficient (Wildman–Crippen LogP) is 3.43. The number of para-hydroxylation sites is 2. The largest absolute Gasteiger partial charge is 0.477 e. The van der Waals surface area contributed by atoms with Crippen molar-refractivity contribution in [2.24, 2.45) is 5.10 Å².